The Morgan fingerprint density at radius 1 is 1.19 bits per heavy atom. The lowest BCUT2D eigenvalue weighted by Crippen LogP contribution is -2.32. The van der Waals surface area contributed by atoms with Crippen LogP contribution in [0.5, 0.6) is 0 Å². The standard InChI is InChI=1S/C19H21FN4O2/c20-16-2-1-6-22-18(16)23-8-4-14-11-24(12-15(14)5-9-23)19(26)13-3-7-21-17(25)10-13/h1-3,6-7,10,14-15H,4-5,8-9,11-12H2,(H,21,25)/t14-,15+. The van der Waals surface area contributed by atoms with E-state index in [1.807, 2.05) is 9.80 Å². The Balaban J connectivity index is 1.43. The van der Waals surface area contributed by atoms with E-state index >= 15 is 0 Å². The first-order valence-corrected chi connectivity index (χ1v) is 8.95. The zero-order valence-corrected chi connectivity index (χ0v) is 14.4. The Labute approximate surface area is 150 Å². The van der Waals surface area contributed by atoms with Crippen LogP contribution >= 0.6 is 0 Å². The molecule has 1 amide bonds. The molecule has 6 nitrogen and oxygen atoms in total. The fraction of sp³-hybridized carbons (Fsp3) is 0.421. The molecule has 0 aromatic carbocycles. The molecule has 2 saturated heterocycles. The van der Waals surface area contributed by atoms with Gasteiger partial charge in [-0.05, 0) is 42.9 Å². The van der Waals surface area contributed by atoms with Crippen molar-refractivity contribution in [3.05, 3.63) is 58.4 Å². The van der Waals surface area contributed by atoms with E-state index in [4.69, 9.17) is 0 Å². The summed E-state index contributed by atoms with van der Waals surface area (Å²) in [5, 5.41) is 0. The first-order chi connectivity index (χ1) is 12.6. The number of halogens is 1. The van der Waals surface area contributed by atoms with Crippen molar-refractivity contribution in [2.45, 2.75) is 12.8 Å². The minimum absolute atomic E-state index is 0.0863. The number of aromatic amines is 1. The third kappa shape index (κ3) is 3.21. The molecule has 0 aliphatic carbocycles. The first-order valence-electron chi connectivity index (χ1n) is 8.95. The summed E-state index contributed by atoms with van der Waals surface area (Å²) in [4.78, 5) is 34.7. The lowest BCUT2D eigenvalue weighted by atomic mass is 9.92. The van der Waals surface area contributed by atoms with Gasteiger partial charge in [-0.25, -0.2) is 9.37 Å². The van der Waals surface area contributed by atoms with Gasteiger partial charge in [-0.3, -0.25) is 9.59 Å². The number of hydrogen-bond acceptors (Lipinski definition) is 4. The zero-order valence-electron chi connectivity index (χ0n) is 14.4. The SMILES string of the molecule is O=C(c1cc[nH]c(=O)c1)N1C[C@H]2CCN(c3ncccc3F)CC[C@H]2C1. The summed E-state index contributed by atoms with van der Waals surface area (Å²) in [7, 11) is 0. The van der Waals surface area contributed by atoms with Gasteiger partial charge >= 0.3 is 0 Å². The van der Waals surface area contributed by atoms with Gasteiger partial charge in [0.25, 0.3) is 5.91 Å². The van der Waals surface area contributed by atoms with Crippen LogP contribution in [-0.4, -0.2) is 47.0 Å². The number of fused-ring (bicyclic) bond motifs is 1. The number of amides is 1. The van der Waals surface area contributed by atoms with Crippen LogP contribution in [0, 0.1) is 17.7 Å². The van der Waals surface area contributed by atoms with Crippen molar-refractivity contribution in [3.63, 3.8) is 0 Å². The Morgan fingerprint density at radius 2 is 1.92 bits per heavy atom. The average Bonchev–Trinajstić information content (AvgIpc) is 2.95. The van der Waals surface area contributed by atoms with Gasteiger partial charge in [-0.1, -0.05) is 0 Å². The summed E-state index contributed by atoms with van der Waals surface area (Å²) in [5.41, 5.74) is 0.166. The first kappa shape index (κ1) is 16.8. The van der Waals surface area contributed by atoms with Gasteiger partial charge in [-0.2, -0.15) is 0 Å². The van der Waals surface area contributed by atoms with E-state index in [1.54, 1.807) is 18.3 Å². The molecular weight excluding hydrogens is 335 g/mol. The van der Waals surface area contributed by atoms with Crippen molar-refractivity contribution in [2.75, 3.05) is 31.1 Å². The summed E-state index contributed by atoms with van der Waals surface area (Å²) in [6.45, 7) is 2.86. The highest BCUT2D eigenvalue weighted by molar-refractivity contribution is 5.94. The van der Waals surface area contributed by atoms with Crippen LogP contribution in [0.2, 0.25) is 0 Å². The predicted octanol–water partition coefficient (Wildman–Crippen LogP) is 1.90. The molecule has 0 saturated carbocycles. The number of nitrogens with zero attached hydrogens (tertiary/aromatic N) is 3. The van der Waals surface area contributed by atoms with Crippen LogP contribution in [0.4, 0.5) is 10.2 Å². The molecule has 0 unspecified atom stereocenters. The molecule has 2 atom stereocenters. The van der Waals surface area contributed by atoms with Gasteiger partial charge < -0.3 is 14.8 Å². The quantitative estimate of drug-likeness (QED) is 0.892. The zero-order chi connectivity index (χ0) is 18.1. The molecule has 2 aromatic rings. The molecule has 2 aromatic heterocycles. The van der Waals surface area contributed by atoms with Crippen LogP contribution in [-0.2, 0) is 0 Å². The normalized spacial score (nSPS) is 22.8. The van der Waals surface area contributed by atoms with Crippen molar-refractivity contribution in [2.24, 2.45) is 11.8 Å². The summed E-state index contributed by atoms with van der Waals surface area (Å²) in [6.07, 6.45) is 4.93. The molecule has 26 heavy (non-hydrogen) atoms. The number of pyridine rings is 2. The molecule has 7 heteroatoms. The van der Waals surface area contributed by atoms with Crippen molar-refractivity contribution in [1.29, 1.82) is 0 Å². The van der Waals surface area contributed by atoms with Gasteiger partial charge in [0.1, 0.15) is 0 Å². The third-order valence-electron chi connectivity index (χ3n) is 5.46. The Morgan fingerprint density at radius 3 is 2.58 bits per heavy atom. The molecule has 0 bridgehead atoms. The lowest BCUT2D eigenvalue weighted by Gasteiger charge is -2.23. The van der Waals surface area contributed by atoms with E-state index in [-0.39, 0.29) is 17.3 Å². The highest BCUT2D eigenvalue weighted by Gasteiger charge is 2.37. The fourth-order valence-electron chi connectivity index (χ4n) is 4.10. The number of carbonyl (C=O) groups is 1. The Hall–Kier alpha value is -2.70. The number of aromatic nitrogens is 2. The molecule has 2 aliphatic rings. The van der Waals surface area contributed by atoms with E-state index in [0.717, 1.165) is 25.9 Å². The van der Waals surface area contributed by atoms with E-state index < -0.39 is 0 Å². The summed E-state index contributed by atoms with van der Waals surface area (Å²) in [6, 6.07) is 6.03. The average molecular weight is 356 g/mol. The maximum atomic E-state index is 14.0. The van der Waals surface area contributed by atoms with Crippen molar-refractivity contribution >= 4 is 11.7 Å². The number of rotatable bonds is 2. The number of anilines is 1. The number of hydrogen-bond donors (Lipinski definition) is 1. The molecule has 0 spiro atoms. The second-order valence-electron chi connectivity index (χ2n) is 7.05. The lowest BCUT2D eigenvalue weighted by molar-refractivity contribution is 0.0782. The molecule has 4 heterocycles. The number of nitrogens with one attached hydrogen (secondary N) is 1. The highest BCUT2D eigenvalue weighted by Crippen LogP contribution is 2.33. The monoisotopic (exact) mass is 356 g/mol. The van der Waals surface area contributed by atoms with Gasteiger partial charge in [0.15, 0.2) is 11.6 Å². The summed E-state index contributed by atoms with van der Waals surface area (Å²) < 4.78 is 14.0. The van der Waals surface area contributed by atoms with Gasteiger partial charge in [0.05, 0.1) is 0 Å². The van der Waals surface area contributed by atoms with Gasteiger partial charge in [0, 0.05) is 50.2 Å². The number of carbonyl (C=O) groups excluding carboxylic acids is 1. The van der Waals surface area contributed by atoms with Crippen molar-refractivity contribution < 1.29 is 9.18 Å². The Bertz CT molecular complexity index is 852. The largest absolute Gasteiger partial charge is 0.354 e. The van der Waals surface area contributed by atoms with Crippen molar-refractivity contribution in [1.82, 2.24) is 14.9 Å². The van der Waals surface area contributed by atoms with Gasteiger partial charge in [-0.15, -0.1) is 0 Å². The second-order valence-corrected chi connectivity index (χ2v) is 7.05. The minimum atomic E-state index is -0.286. The van der Waals surface area contributed by atoms with Crippen LogP contribution in [0.3, 0.4) is 0 Å². The van der Waals surface area contributed by atoms with Crippen LogP contribution in [0.1, 0.15) is 23.2 Å². The topological polar surface area (TPSA) is 69.3 Å². The fourth-order valence-corrected chi connectivity index (χ4v) is 4.10. The summed E-state index contributed by atoms with van der Waals surface area (Å²) in [5.74, 6) is 0.849. The Kier molecular flexibility index (Phi) is 4.44. The van der Waals surface area contributed by atoms with Gasteiger partial charge in [0.2, 0.25) is 5.56 Å². The predicted molar refractivity (Wildman–Crippen MR) is 95.6 cm³/mol. The molecule has 0 radical (unpaired) electrons. The number of likely N-dealkylation sites (tertiary alicyclic amines) is 1. The van der Waals surface area contributed by atoms with Crippen LogP contribution in [0.15, 0.2) is 41.5 Å². The maximum Gasteiger partial charge on any atom is 0.254 e. The molecule has 136 valence electrons. The van der Waals surface area contributed by atoms with Crippen LogP contribution < -0.4 is 10.5 Å². The van der Waals surface area contributed by atoms with E-state index in [0.29, 0.717) is 36.3 Å². The smallest absolute Gasteiger partial charge is 0.254 e. The molecular formula is C19H21FN4O2. The maximum absolute atomic E-state index is 14.0. The number of H-pyrrole nitrogens is 1. The van der Waals surface area contributed by atoms with E-state index in [2.05, 4.69) is 9.97 Å². The summed E-state index contributed by atoms with van der Waals surface area (Å²) >= 11 is 0. The minimum Gasteiger partial charge on any atom is -0.354 e. The van der Waals surface area contributed by atoms with Crippen molar-refractivity contribution in [3.8, 4) is 0 Å². The highest BCUT2D eigenvalue weighted by atomic mass is 19.1. The van der Waals surface area contributed by atoms with E-state index in [9.17, 15) is 14.0 Å². The third-order valence-corrected chi connectivity index (χ3v) is 5.46. The van der Waals surface area contributed by atoms with Crippen LogP contribution in [0.25, 0.3) is 0 Å². The molecule has 2 fully saturated rings. The molecule has 4 rings (SSSR count). The molecule has 2 aliphatic heterocycles. The molecule has 1 N–H and O–H groups in total. The van der Waals surface area contributed by atoms with E-state index in [1.165, 1.54) is 18.3 Å². The second kappa shape index (κ2) is 6.90.